The van der Waals surface area contributed by atoms with E-state index in [-0.39, 0.29) is 37.4 Å². The molecule has 0 bridgehead atoms. The number of carbonyl (C=O) groups excluding carboxylic acids is 3. The minimum atomic E-state index is -1.13. The van der Waals surface area contributed by atoms with Gasteiger partial charge in [0.1, 0.15) is 30.4 Å². The van der Waals surface area contributed by atoms with Gasteiger partial charge < -0.3 is 29.8 Å². The molecule has 0 spiro atoms. The standard InChI is InChI=1S/C44H45FN8O4/c1-51(2)40(29-8-5-4-6-9-29)43(55)53-26-34(45)22-38(53)42-47-23-35(49-42)28-13-11-27(12-14-28)30-15-16-32-21-33(18-17-31(32)20-30)36-24-46-41(50-36)37-10-7-19-52(37)39(54)25-48-44(56)57-3/h4-6,8-9,11-18,20-21,23-24,34,37-38,40H,7,10,19,22,25-26H2,1-3H3,(H,46,50)(H,47,49)(H,48,56)/t34-,37+,38+,40-/m1/s1. The number of carbonyl (C=O) groups is 3. The Morgan fingerprint density at radius 2 is 1.44 bits per heavy atom. The van der Waals surface area contributed by atoms with Crippen LogP contribution in [0.5, 0.6) is 0 Å². The number of nitrogens with one attached hydrogen (secondary N) is 3. The summed E-state index contributed by atoms with van der Waals surface area (Å²) in [7, 11) is 4.99. The van der Waals surface area contributed by atoms with Crippen LogP contribution in [0, 0.1) is 0 Å². The number of H-pyrrole nitrogens is 2. The number of alkyl carbamates (subject to hydrolysis) is 1. The maximum Gasteiger partial charge on any atom is 0.407 e. The zero-order chi connectivity index (χ0) is 39.6. The number of alkyl halides is 1. The fourth-order valence-electron chi connectivity index (χ4n) is 8.15. The number of rotatable bonds is 10. The lowest BCUT2D eigenvalue weighted by atomic mass is 9.98. The number of hydrogen-bond donors (Lipinski definition) is 3. The number of halogens is 1. The third-order valence-corrected chi connectivity index (χ3v) is 11.0. The van der Waals surface area contributed by atoms with Crippen molar-refractivity contribution in [2.24, 2.45) is 0 Å². The molecule has 3 amide bonds. The third-order valence-electron chi connectivity index (χ3n) is 11.0. The number of methoxy groups -OCH3 is 1. The molecule has 0 aliphatic carbocycles. The van der Waals surface area contributed by atoms with Crippen molar-refractivity contribution in [1.29, 1.82) is 0 Å². The average molecular weight is 769 g/mol. The molecule has 4 atom stereocenters. The van der Waals surface area contributed by atoms with Gasteiger partial charge in [0.2, 0.25) is 11.8 Å². The number of nitrogens with zero attached hydrogens (tertiary/aromatic N) is 5. The number of hydrogen-bond acceptors (Lipinski definition) is 7. The van der Waals surface area contributed by atoms with Crippen LogP contribution in [0.15, 0.2) is 103 Å². The Morgan fingerprint density at radius 3 is 2.12 bits per heavy atom. The molecule has 0 saturated carbocycles. The Kier molecular flexibility index (Phi) is 10.6. The van der Waals surface area contributed by atoms with Gasteiger partial charge in [-0.15, -0.1) is 0 Å². The van der Waals surface area contributed by atoms with Crippen molar-refractivity contribution >= 4 is 28.7 Å². The van der Waals surface area contributed by atoms with Crippen molar-refractivity contribution in [2.75, 3.05) is 40.8 Å². The molecule has 6 aromatic rings. The summed E-state index contributed by atoms with van der Waals surface area (Å²) in [6, 6.07) is 29.3. The van der Waals surface area contributed by atoms with Crippen LogP contribution >= 0.6 is 0 Å². The smallest absolute Gasteiger partial charge is 0.407 e. The van der Waals surface area contributed by atoms with Gasteiger partial charge in [-0.3, -0.25) is 14.5 Å². The number of benzene rings is 4. The summed E-state index contributed by atoms with van der Waals surface area (Å²) in [4.78, 5) is 59.5. The van der Waals surface area contributed by atoms with Gasteiger partial charge in [0.25, 0.3) is 0 Å². The molecule has 2 aliphatic heterocycles. The van der Waals surface area contributed by atoms with Gasteiger partial charge in [0.15, 0.2) is 0 Å². The minimum absolute atomic E-state index is 0.0329. The van der Waals surface area contributed by atoms with E-state index in [0.717, 1.165) is 68.6 Å². The first-order chi connectivity index (χ1) is 27.7. The predicted octanol–water partition coefficient (Wildman–Crippen LogP) is 7.22. The van der Waals surface area contributed by atoms with Crippen LogP contribution in [-0.4, -0.2) is 99.6 Å². The topological polar surface area (TPSA) is 140 Å². The Balaban J connectivity index is 0.947. The molecule has 57 heavy (non-hydrogen) atoms. The number of imidazole rings is 2. The van der Waals surface area contributed by atoms with Gasteiger partial charge in [-0.25, -0.2) is 19.2 Å². The summed E-state index contributed by atoms with van der Waals surface area (Å²) >= 11 is 0. The summed E-state index contributed by atoms with van der Waals surface area (Å²) in [5, 5.41) is 4.64. The summed E-state index contributed by atoms with van der Waals surface area (Å²) in [6.07, 6.45) is 3.62. The van der Waals surface area contributed by atoms with E-state index in [0.29, 0.717) is 12.4 Å². The molecule has 0 radical (unpaired) electrons. The minimum Gasteiger partial charge on any atom is -0.453 e. The molecule has 292 valence electrons. The first-order valence-corrected chi connectivity index (χ1v) is 19.2. The van der Waals surface area contributed by atoms with Crippen LogP contribution < -0.4 is 5.32 Å². The Bertz CT molecular complexity index is 2390. The largest absolute Gasteiger partial charge is 0.453 e. The van der Waals surface area contributed by atoms with Crippen molar-refractivity contribution in [2.45, 2.75) is 43.6 Å². The highest BCUT2D eigenvalue weighted by atomic mass is 19.1. The van der Waals surface area contributed by atoms with Crippen LogP contribution in [0.2, 0.25) is 0 Å². The van der Waals surface area contributed by atoms with E-state index in [1.165, 1.54) is 7.11 Å². The quantitative estimate of drug-likeness (QED) is 0.134. The molecule has 13 heteroatoms. The van der Waals surface area contributed by atoms with Crippen molar-refractivity contribution in [3.63, 3.8) is 0 Å². The number of likely N-dealkylation sites (N-methyl/N-ethyl adjacent to an activating group) is 1. The molecule has 12 nitrogen and oxygen atoms in total. The molecular formula is C44H45FN8O4. The molecule has 3 N–H and O–H groups in total. The summed E-state index contributed by atoms with van der Waals surface area (Å²) in [6.45, 7) is 0.510. The second-order valence-corrected chi connectivity index (χ2v) is 14.9. The maximum absolute atomic E-state index is 14.9. The fraction of sp³-hybridized carbons (Fsp3) is 0.295. The van der Waals surface area contributed by atoms with Gasteiger partial charge in [0.05, 0.1) is 49.5 Å². The van der Waals surface area contributed by atoms with Gasteiger partial charge in [-0.05, 0) is 72.1 Å². The van der Waals surface area contributed by atoms with Crippen LogP contribution in [0.25, 0.3) is 44.4 Å². The molecule has 0 unspecified atom stereocenters. The molecule has 2 saturated heterocycles. The van der Waals surface area contributed by atoms with E-state index < -0.39 is 24.3 Å². The number of aromatic amines is 2. The molecule has 2 aliphatic rings. The van der Waals surface area contributed by atoms with Crippen molar-refractivity contribution in [3.05, 3.63) is 121 Å². The van der Waals surface area contributed by atoms with E-state index in [1.54, 1.807) is 22.2 Å². The summed E-state index contributed by atoms with van der Waals surface area (Å²) in [5.41, 5.74) is 6.59. The van der Waals surface area contributed by atoms with E-state index in [2.05, 4.69) is 78.5 Å². The second kappa shape index (κ2) is 16.0. The van der Waals surface area contributed by atoms with Crippen LogP contribution in [0.1, 0.15) is 54.6 Å². The van der Waals surface area contributed by atoms with Crippen LogP contribution in [0.4, 0.5) is 9.18 Å². The van der Waals surface area contributed by atoms with E-state index in [9.17, 15) is 18.8 Å². The highest BCUT2D eigenvalue weighted by molar-refractivity contribution is 5.91. The molecular weight excluding hydrogens is 724 g/mol. The number of ether oxygens (including phenoxy) is 1. The number of amides is 3. The zero-order valence-electron chi connectivity index (χ0n) is 32.1. The van der Waals surface area contributed by atoms with Crippen molar-refractivity contribution in [3.8, 4) is 33.6 Å². The molecule has 2 fully saturated rings. The van der Waals surface area contributed by atoms with E-state index in [4.69, 9.17) is 0 Å². The average Bonchev–Trinajstić information content (AvgIpc) is 4.07. The normalized spacial score (nSPS) is 18.6. The van der Waals surface area contributed by atoms with Crippen LogP contribution in [-0.2, 0) is 14.3 Å². The SMILES string of the molecule is COC(=O)NCC(=O)N1CCC[C@H]1c1ncc(-c2ccc3cc(-c4ccc(-c5cnc([C@@H]6C[C@@H](F)CN6C(=O)[C@@H](c6ccccc6)N(C)C)[nH]5)cc4)ccc3c2)[nH]1. The maximum atomic E-state index is 14.9. The molecule has 2 aromatic heterocycles. The van der Waals surface area contributed by atoms with E-state index in [1.807, 2.05) is 61.5 Å². The number of likely N-dealkylation sites (tertiary alicyclic amines) is 2. The van der Waals surface area contributed by atoms with Gasteiger partial charge in [0, 0.05) is 18.5 Å². The predicted molar refractivity (Wildman–Crippen MR) is 215 cm³/mol. The van der Waals surface area contributed by atoms with Gasteiger partial charge in [-0.1, -0.05) is 78.9 Å². The first kappa shape index (κ1) is 37.6. The summed E-state index contributed by atoms with van der Waals surface area (Å²) < 4.78 is 19.5. The van der Waals surface area contributed by atoms with Crippen molar-refractivity contribution in [1.82, 2.24) is 40.0 Å². The lowest BCUT2D eigenvalue weighted by Gasteiger charge is -2.31. The van der Waals surface area contributed by atoms with Crippen LogP contribution in [0.3, 0.4) is 0 Å². The van der Waals surface area contributed by atoms with E-state index >= 15 is 0 Å². The zero-order valence-corrected chi connectivity index (χ0v) is 32.1. The number of aromatic nitrogens is 4. The molecule has 4 aromatic carbocycles. The first-order valence-electron chi connectivity index (χ1n) is 19.2. The monoisotopic (exact) mass is 768 g/mol. The molecule has 8 rings (SSSR count). The molecule has 4 heterocycles. The second-order valence-electron chi connectivity index (χ2n) is 14.9. The van der Waals surface area contributed by atoms with Gasteiger partial charge >= 0.3 is 6.09 Å². The Labute approximate surface area is 330 Å². The fourth-order valence-corrected chi connectivity index (χ4v) is 8.15. The lowest BCUT2D eigenvalue weighted by Crippen LogP contribution is -2.40. The highest BCUT2D eigenvalue weighted by Gasteiger charge is 2.41. The Hall–Kier alpha value is -6.34. The third kappa shape index (κ3) is 7.75. The Morgan fingerprint density at radius 1 is 0.825 bits per heavy atom. The number of fused-ring (bicyclic) bond motifs is 1. The van der Waals surface area contributed by atoms with Crippen molar-refractivity contribution < 1.29 is 23.5 Å². The summed E-state index contributed by atoms with van der Waals surface area (Å²) in [5.74, 6) is 0.979. The van der Waals surface area contributed by atoms with Gasteiger partial charge in [-0.2, -0.15) is 0 Å². The lowest BCUT2D eigenvalue weighted by molar-refractivity contribution is -0.137. The highest BCUT2D eigenvalue weighted by Crippen LogP contribution is 2.37.